The van der Waals surface area contributed by atoms with Crippen LogP contribution in [0, 0.1) is 23.7 Å². The summed E-state index contributed by atoms with van der Waals surface area (Å²) in [5.74, 6) is -5.80. The Labute approximate surface area is 284 Å². The van der Waals surface area contributed by atoms with Crippen LogP contribution in [-0.2, 0) is 48.7 Å². The van der Waals surface area contributed by atoms with E-state index in [4.69, 9.17) is 33.2 Å². The van der Waals surface area contributed by atoms with Gasteiger partial charge in [0.1, 0.15) is 35.6 Å². The van der Waals surface area contributed by atoms with E-state index in [0.29, 0.717) is 23.1 Å². The molecule has 2 aromatic carbocycles. The van der Waals surface area contributed by atoms with Crippen molar-refractivity contribution in [2.75, 3.05) is 0 Å². The number of carbonyl (C=O) groups is 3. The summed E-state index contributed by atoms with van der Waals surface area (Å²) in [6, 6.07) is 17.8. The van der Waals surface area contributed by atoms with Gasteiger partial charge in [0, 0.05) is 31.2 Å². The van der Waals surface area contributed by atoms with Gasteiger partial charge in [-0.3, -0.25) is 9.59 Å². The number of rotatable bonds is 6. The van der Waals surface area contributed by atoms with E-state index in [1.165, 1.54) is 13.8 Å². The number of ether oxygens (including phenoxy) is 7. The molecule has 6 bridgehead atoms. The molecule has 11 nitrogen and oxygen atoms in total. The van der Waals surface area contributed by atoms with Gasteiger partial charge in [-0.05, 0) is 43.9 Å². The van der Waals surface area contributed by atoms with Crippen LogP contribution in [0.5, 0.6) is 0 Å². The summed E-state index contributed by atoms with van der Waals surface area (Å²) >= 11 is 0. The summed E-state index contributed by atoms with van der Waals surface area (Å²) in [6.07, 6.45) is -4.60. The Kier molecular flexibility index (Phi) is 6.96. The molecular formula is C38H42O11. The Morgan fingerprint density at radius 3 is 2.02 bits per heavy atom. The quantitative estimate of drug-likeness (QED) is 0.268. The Morgan fingerprint density at radius 1 is 0.816 bits per heavy atom. The largest absolute Gasteiger partial charge is 0.459 e. The van der Waals surface area contributed by atoms with E-state index in [1.807, 2.05) is 44.2 Å². The fourth-order valence-electron chi connectivity index (χ4n) is 10.6. The fourth-order valence-corrected chi connectivity index (χ4v) is 10.6. The van der Waals surface area contributed by atoms with Crippen LogP contribution in [0.15, 0.2) is 72.8 Å². The zero-order valence-electron chi connectivity index (χ0n) is 28.4. The van der Waals surface area contributed by atoms with E-state index < -0.39 is 94.6 Å². The molecule has 1 unspecified atom stereocenters. The van der Waals surface area contributed by atoms with Crippen LogP contribution in [0.4, 0.5) is 0 Å². The highest BCUT2D eigenvalue weighted by molar-refractivity contribution is 5.89. The van der Waals surface area contributed by atoms with Crippen LogP contribution in [0.1, 0.15) is 63.9 Å². The molecule has 2 spiro atoms. The smallest absolute Gasteiger partial charge is 0.338 e. The third kappa shape index (κ3) is 3.93. The Balaban J connectivity index is 1.40. The third-order valence-corrected chi connectivity index (χ3v) is 12.3. The number of benzene rings is 2. The molecule has 2 aliphatic carbocycles. The predicted octanol–water partition coefficient (Wildman–Crippen LogP) is 4.21. The van der Waals surface area contributed by atoms with Gasteiger partial charge in [0.2, 0.25) is 0 Å². The first kappa shape index (κ1) is 32.6. The number of carbonyl (C=O) groups excluding carboxylic acids is 3. The van der Waals surface area contributed by atoms with Crippen molar-refractivity contribution in [3.8, 4) is 0 Å². The van der Waals surface area contributed by atoms with Gasteiger partial charge in [-0.2, -0.15) is 0 Å². The van der Waals surface area contributed by atoms with Gasteiger partial charge in [-0.15, -0.1) is 0 Å². The van der Waals surface area contributed by atoms with E-state index in [9.17, 15) is 19.5 Å². The van der Waals surface area contributed by atoms with Crippen molar-refractivity contribution in [2.45, 2.75) is 107 Å². The Bertz CT molecular complexity index is 1730. The maximum absolute atomic E-state index is 13.9. The van der Waals surface area contributed by atoms with Crippen molar-refractivity contribution < 1.29 is 52.6 Å². The first-order valence-electron chi connectivity index (χ1n) is 17.0. The van der Waals surface area contributed by atoms with Crippen LogP contribution < -0.4 is 0 Å². The summed E-state index contributed by atoms with van der Waals surface area (Å²) in [7, 11) is 0. The van der Waals surface area contributed by atoms with Crippen molar-refractivity contribution in [3.05, 3.63) is 83.9 Å². The highest BCUT2D eigenvalue weighted by Crippen LogP contribution is 2.76. The summed E-state index contributed by atoms with van der Waals surface area (Å²) in [6.45, 7) is 14.2. The molecule has 7 aliphatic rings. The minimum atomic E-state index is -1.75. The molecule has 14 atom stereocenters. The van der Waals surface area contributed by atoms with Gasteiger partial charge < -0.3 is 38.3 Å². The van der Waals surface area contributed by atoms with Crippen molar-refractivity contribution in [1.29, 1.82) is 0 Å². The molecule has 2 aromatic rings. The second kappa shape index (κ2) is 10.5. The highest BCUT2D eigenvalue weighted by atomic mass is 16.9. The van der Waals surface area contributed by atoms with Gasteiger partial charge in [-0.25, -0.2) is 4.79 Å². The molecule has 2 saturated carbocycles. The molecule has 260 valence electrons. The molecule has 5 aliphatic heterocycles. The van der Waals surface area contributed by atoms with Gasteiger partial charge in [0.25, 0.3) is 0 Å². The zero-order valence-corrected chi connectivity index (χ0v) is 28.4. The van der Waals surface area contributed by atoms with Crippen molar-refractivity contribution in [2.24, 2.45) is 23.7 Å². The highest BCUT2D eigenvalue weighted by Gasteiger charge is 2.92. The third-order valence-electron chi connectivity index (χ3n) is 12.3. The van der Waals surface area contributed by atoms with E-state index in [2.05, 4.69) is 6.58 Å². The molecule has 49 heavy (non-hydrogen) atoms. The number of hydrogen-bond acceptors (Lipinski definition) is 11. The fraction of sp³-hybridized carbons (Fsp3) is 0.553. The molecular weight excluding hydrogens is 632 g/mol. The second-order valence-electron chi connectivity index (χ2n) is 15.0. The Morgan fingerprint density at radius 2 is 1.41 bits per heavy atom. The molecule has 7 fully saturated rings. The van der Waals surface area contributed by atoms with Gasteiger partial charge in [0.05, 0.1) is 17.1 Å². The minimum absolute atomic E-state index is 0.263. The van der Waals surface area contributed by atoms with Crippen LogP contribution in [0.3, 0.4) is 0 Å². The summed E-state index contributed by atoms with van der Waals surface area (Å²) in [5, 5.41) is 12.7. The van der Waals surface area contributed by atoms with Crippen molar-refractivity contribution in [3.63, 3.8) is 0 Å². The molecule has 5 saturated heterocycles. The second-order valence-corrected chi connectivity index (χ2v) is 15.0. The van der Waals surface area contributed by atoms with Crippen LogP contribution in [0.25, 0.3) is 0 Å². The molecule has 1 N–H and O–H groups in total. The molecule has 11 heteroatoms. The lowest BCUT2D eigenvalue weighted by Gasteiger charge is -2.72. The van der Waals surface area contributed by atoms with E-state index in [0.717, 1.165) is 0 Å². The number of aliphatic hydroxyl groups is 1. The molecule has 0 amide bonds. The zero-order chi connectivity index (χ0) is 34.9. The van der Waals surface area contributed by atoms with Gasteiger partial charge in [-0.1, -0.05) is 69.0 Å². The average Bonchev–Trinajstić information content (AvgIpc) is 3.29. The van der Waals surface area contributed by atoms with Gasteiger partial charge in [0.15, 0.2) is 11.7 Å². The van der Waals surface area contributed by atoms with Crippen LogP contribution in [0.2, 0.25) is 0 Å². The number of fused-ring (bicyclic) bond motifs is 1. The van der Waals surface area contributed by atoms with Crippen LogP contribution in [-0.4, -0.2) is 75.9 Å². The lowest BCUT2D eigenvalue weighted by Crippen LogP contribution is -2.86. The van der Waals surface area contributed by atoms with Crippen molar-refractivity contribution >= 4 is 17.9 Å². The average molecular weight is 675 g/mol. The lowest BCUT2D eigenvalue weighted by atomic mass is 9.51. The Hall–Kier alpha value is -3.61. The molecule has 0 radical (unpaired) electrons. The summed E-state index contributed by atoms with van der Waals surface area (Å²) in [5.41, 5.74) is -4.61. The van der Waals surface area contributed by atoms with Gasteiger partial charge >= 0.3 is 23.9 Å². The number of hydrogen-bond donors (Lipinski definition) is 1. The lowest BCUT2D eigenvalue weighted by molar-refractivity contribution is -0.584. The predicted molar refractivity (Wildman–Crippen MR) is 170 cm³/mol. The first-order chi connectivity index (χ1) is 23.2. The van der Waals surface area contributed by atoms with E-state index in [1.54, 1.807) is 44.2 Å². The maximum Gasteiger partial charge on any atom is 0.338 e. The normalized spacial score (nSPS) is 46.8. The summed E-state index contributed by atoms with van der Waals surface area (Å²) in [4.78, 5) is 39.8. The first-order valence-corrected chi connectivity index (χ1v) is 17.0. The van der Waals surface area contributed by atoms with E-state index in [-0.39, 0.29) is 5.92 Å². The molecule has 9 rings (SSSR count). The number of esters is 3. The van der Waals surface area contributed by atoms with E-state index >= 15 is 0 Å². The minimum Gasteiger partial charge on any atom is -0.459 e. The molecule has 0 aromatic heterocycles. The standard InChI is InChI=1S/C38H42O11/c1-19(2)35(42)29-21(4)36-26-18-20(3)28(43-22(5)39)37(26)33(45-32(41)24-14-10-8-11-15-24)34(7,48-37)30(44-23(6)40)27(36)31(35)47-38(46-29,49-36)25-16-12-9-13-17-25/h8-17,20-21,26-31,33,42H,1,18H2,2-7H3/t20-,21+,26-,27-,28-,29-,30-,31+,33?,34+,35-,36-,37+,38-/m0/s1. The topological polar surface area (TPSA) is 136 Å². The summed E-state index contributed by atoms with van der Waals surface area (Å²) < 4.78 is 46.8. The SMILES string of the molecule is C=C(C)[C@@]1(O)[C@@H]2O[C@]3(c4ccccc4)O[C@H]1[C@@H](C)[C@@]1(O3)[C@H]2[C@H](OC(C)=O)[C@@]2(C)O[C@]3(C2OC(=O)c2ccccc2)[C@H]1C[C@H](C)[C@@H]3OC(C)=O. The van der Waals surface area contributed by atoms with Crippen LogP contribution >= 0.6 is 0 Å². The maximum atomic E-state index is 13.9. The van der Waals surface area contributed by atoms with Crippen molar-refractivity contribution in [1.82, 2.24) is 0 Å². The molecule has 5 heterocycles. The monoisotopic (exact) mass is 674 g/mol.